The van der Waals surface area contributed by atoms with Crippen molar-refractivity contribution in [2.24, 2.45) is 0 Å². The molecule has 0 fully saturated rings. The number of methoxy groups -OCH3 is 1. The van der Waals surface area contributed by atoms with Crippen molar-refractivity contribution in [1.82, 2.24) is 0 Å². The van der Waals surface area contributed by atoms with E-state index >= 15 is 0 Å². The Kier molecular flexibility index (Phi) is 4.13. The van der Waals surface area contributed by atoms with Crippen molar-refractivity contribution >= 4 is 28.9 Å². The van der Waals surface area contributed by atoms with Gasteiger partial charge in [-0.1, -0.05) is 29.3 Å². The number of hydrogen-bond acceptors (Lipinski definition) is 3. The molecule has 2 aromatic carbocycles. The molecule has 0 saturated carbocycles. The van der Waals surface area contributed by atoms with E-state index in [1.165, 1.54) is 0 Å². The summed E-state index contributed by atoms with van der Waals surface area (Å²) < 4.78 is 10.9. The van der Waals surface area contributed by atoms with E-state index in [1.807, 2.05) is 30.3 Å². The van der Waals surface area contributed by atoms with Crippen molar-refractivity contribution in [3.8, 4) is 11.5 Å². The molecule has 0 spiro atoms. The van der Waals surface area contributed by atoms with Gasteiger partial charge in [-0.15, -0.1) is 0 Å². The Morgan fingerprint density at radius 2 is 2.10 bits per heavy atom. The van der Waals surface area contributed by atoms with E-state index in [-0.39, 0.29) is 6.04 Å². The van der Waals surface area contributed by atoms with Gasteiger partial charge in [-0.3, -0.25) is 0 Å². The van der Waals surface area contributed by atoms with E-state index in [9.17, 15) is 0 Å². The van der Waals surface area contributed by atoms with Gasteiger partial charge in [0.2, 0.25) is 0 Å². The van der Waals surface area contributed by atoms with Crippen molar-refractivity contribution in [3.63, 3.8) is 0 Å². The molecule has 5 heteroatoms. The number of ether oxygens (including phenoxy) is 2. The van der Waals surface area contributed by atoms with Crippen LogP contribution in [0, 0.1) is 0 Å². The molecule has 1 aliphatic heterocycles. The average molecular weight is 324 g/mol. The number of fused-ring (bicyclic) bond motifs is 1. The summed E-state index contributed by atoms with van der Waals surface area (Å²) in [5, 5.41) is 4.65. The molecule has 1 heterocycles. The molecule has 110 valence electrons. The Bertz CT molecular complexity index is 661. The lowest BCUT2D eigenvalue weighted by Gasteiger charge is -2.28. The lowest BCUT2D eigenvalue weighted by molar-refractivity contribution is 0.274. The first kappa shape index (κ1) is 14.4. The van der Waals surface area contributed by atoms with E-state index in [1.54, 1.807) is 13.2 Å². The van der Waals surface area contributed by atoms with Crippen LogP contribution >= 0.6 is 23.2 Å². The van der Waals surface area contributed by atoms with Crippen molar-refractivity contribution < 1.29 is 9.47 Å². The van der Waals surface area contributed by atoms with Crippen LogP contribution in [-0.4, -0.2) is 13.7 Å². The van der Waals surface area contributed by atoms with Crippen LogP contribution < -0.4 is 14.8 Å². The number of anilines is 1. The molecule has 1 aliphatic rings. The molecule has 0 bridgehead atoms. The second-order valence-electron chi connectivity index (χ2n) is 4.87. The summed E-state index contributed by atoms with van der Waals surface area (Å²) in [5.74, 6) is 1.53. The molecule has 0 saturated heterocycles. The lowest BCUT2D eigenvalue weighted by atomic mass is 10.00. The molecule has 0 amide bonds. The first-order chi connectivity index (χ1) is 10.2. The highest BCUT2D eigenvalue weighted by Gasteiger charge is 2.24. The van der Waals surface area contributed by atoms with E-state index in [4.69, 9.17) is 32.7 Å². The van der Waals surface area contributed by atoms with Gasteiger partial charge in [0, 0.05) is 28.8 Å². The molecule has 0 radical (unpaired) electrons. The molecule has 3 rings (SSSR count). The van der Waals surface area contributed by atoms with Gasteiger partial charge >= 0.3 is 0 Å². The Balaban J connectivity index is 1.91. The van der Waals surface area contributed by atoms with Crippen LogP contribution in [0.3, 0.4) is 0 Å². The fourth-order valence-corrected chi connectivity index (χ4v) is 3.05. The summed E-state index contributed by atoms with van der Waals surface area (Å²) in [6.45, 7) is 0.621. The van der Waals surface area contributed by atoms with Crippen LogP contribution in [0.25, 0.3) is 0 Å². The predicted octanol–water partition coefficient (Wildman–Crippen LogP) is 4.94. The molecule has 1 unspecified atom stereocenters. The van der Waals surface area contributed by atoms with Gasteiger partial charge in [-0.25, -0.2) is 0 Å². The van der Waals surface area contributed by atoms with Crippen LogP contribution in [0.5, 0.6) is 11.5 Å². The second-order valence-corrected chi connectivity index (χ2v) is 5.72. The van der Waals surface area contributed by atoms with Crippen molar-refractivity contribution in [2.45, 2.75) is 12.5 Å². The summed E-state index contributed by atoms with van der Waals surface area (Å²) >= 11 is 12.3. The fourth-order valence-electron chi connectivity index (χ4n) is 2.49. The minimum atomic E-state index is 0.108. The Hall–Kier alpha value is -1.58. The minimum Gasteiger partial charge on any atom is -0.497 e. The minimum absolute atomic E-state index is 0.108. The molecule has 21 heavy (non-hydrogen) atoms. The van der Waals surface area contributed by atoms with Gasteiger partial charge in [0.1, 0.15) is 11.5 Å². The summed E-state index contributed by atoms with van der Waals surface area (Å²) in [4.78, 5) is 0. The third kappa shape index (κ3) is 3.04. The molecule has 2 aromatic rings. The Morgan fingerprint density at radius 3 is 2.90 bits per heavy atom. The smallest absolute Gasteiger partial charge is 0.143 e. The highest BCUT2D eigenvalue weighted by molar-refractivity contribution is 6.35. The quantitative estimate of drug-likeness (QED) is 0.868. The zero-order valence-corrected chi connectivity index (χ0v) is 13.0. The molecular weight excluding hydrogens is 309 g/mol. The summed E-state index contributed by atoms with van der Waals surface area (Å²) in [6.07, 6.45) is 0.848. The van der Waals surface area contributed by atoms with E-state index in [0.29, 0.717) is 22.4 Å². The lowest BCUT2D eigenvalue weighted by Crippen LogP contribution is -2.20. The zero-order chi connectivity index (χ0) is 14.8. The van der Waals surface area contributed by atoms with Gasteiger partial charge in [-0.05, 0) is 24.3 Å². The average Bonchev–Trinajstić information content (AvgIpc) is 2.48. The zero-order valence-electron chi connectivity index (χ0n) is 11.5. The topological polar surface area (TPSA) is 30.5 Å². The first-order valence-corrected chi connectivity index (χ1v) is 7.45. The third-order valence-corrected chi connectivity index (χ3v) is 3.98. The Morgan fingerprint density at radius 1 is 1.24 bits per heavy atom. The molecule has 0 aliphatic carbocycles. The van der Waals surface area contributed by atoms with Gasteiger partial charge in [0.15, 0.2) is 0 Å². The van der Waals surface area contributed by atoms with Crippen molar-refractivity contribution in [2.75, 3.05) is 19.0 Å². The third-order valence-electron chi connectivity index (χ3n) is 3.48. The van der Waals surface area contributed by atoms with Crippen LogP contribution in [-0.2, 0) is 0 Å². The number of hydrogen-bond donors (Lipinski definition) is 1. The van der Waals surface area contributed by atoms with Gasteiger partial charge < -0.3 is 14.8 Å². The van der Waals surface area contributed by atoms with Crippen molar-refractivity contribution in [3.05, 3.63) is 52.0 Å². The SMILES string of the molecule is COc1cccc(NC2CCOc3c(Cl)cc(Cl)cc32)c1. The van der Waals surface area contributed by atoms with Crippen molar-refractivity contribution in [1.29, 1.82) is 0 Å². The summed E-state index contributed by atoms with van der Waals surface area (Å²) in [6, 6.07) is 11.5. The first-order valence-electron chi connectivity index (χ1n) is 6.69. The standard InChI is InChI=1S/C16H15Cl2NO2/c1-20-12-4-2-3-11(9-12)19-15-5-6-21-16-13(15)7-10(17)8-14(16)18/h2-4,7-9,15,19H,5-6H2,1H3. The fraction of sp³-hybridized carbons (Fsp3) is 0.250. The van der Waals surface area contributed by atoms with E-state index in [2.05, 4.69) is 5.32 Å². The molecular formula is C16H15Cl2NO2. The Labute approximate surface area is 133 Å². The van der Waals surface area contributed by atoms with Crippen LogP contribution in [0.2, 0.25) is 10.0 Å². The number of benzene rings is 2. The summed E-state index contributed by atoms with van der Waals surface area (Å²) in [7, 11) is 1.66. The molecule has 0 aromatic heterocycles. The van der Waals surface area contributed by atoms with Gasteiger partial charge in [0.05, 0.1) is 24.8 Å². The number of halogens is 2. The maximum Gasteiger partial charge on any atom is 0.143 e. The van der Waals surface area contributed by atoms with E-state index < -0.39 is 0 Å². The van der Waals surface area contributed by atoms with Crippen LogP contribution in [0.15, 0.2) is 36.4 Å². The predicted molar refractivity (Wildman–Crippen MR) is 85.9 cm³/mol. The molecule has 1 atom stereocenters. The molecule has 1 N–H and O–H groups in total. The highest BCUT2D eigenvalue weighted by atomic mass is 35.5. The number of rotatable bonds is 3. The molecule has 3 nitrogen and oxygen atoms in total. The monoisotopic (exact) mass is 323 g/mol. The largest absolute Gasteiger partial charge is 0.497 e. The second kappa shape index (κ2) is 6.04. The van der Waals surface area contributed by atoms with E-state index in [0.717, 1.165) is 23.4 Å². The maximum atomic E-state index is 6.21. The number of nitrogens with one attached hydrogen (secondary N) is 1. The maximum absolute atomic E-state index is 6.21. The van der Waals surface area contributed by atoms with Gasteiger partial charge in [0.25, 0.3) is 0 Å². The van der Waals surface area contributed by atoms with Gasteiger partial charge in [-0.2, -0.15) is 0 Å². The summed E-state index contributed by atoms with van der Waals surface area (Å²) in [5.41, 5.74) is 1.98. The van der Waals surface area contributed by atoms with Crippen LogP contribution in [0.4, 0.5) is 5.69 Å². The normalized spacial score (nSPS) is 16.8. The van der Waals surface area contributed by atoms with Crippen LogP contribution in [0.1, 0.15) is 18.0 Å². The highest BCUT2D eigenvalue weighted by Crippen LogP contribution is 2.41.